The minimum atomic E-state index is -0.118. The van der Waals surface area contributed by atoms with Crippen molar-refractivity contribution in [2.45, 2.75) is 33.1 Å². The van der Waals surface area contributed by atoms with E-state index in [1.165, 1.54) is 5.57 Å². The van der Waals surface area contributed by atoms with E-state index in [4.69, 9.17) is 4.74 Å². The summed E-state index contributed by atoms with van der Waals surface area (Å²) in [5.74, 6) is -0.191. The summed E-state index contributed by atoms with van der Waals surface area (Å²) in [6, 6.07) is 4.09. The molecule has 0 aromatic heterocycles. The molecule has 2 aliphatic rings. The number of fused-ring (bicyclic) bond motifs is 1. The lowest BCUT2D eigenvalue weighted by molar-refractivity contribution is -0.147. The number of hydrogen-bond donors (Lipinski definition) is 1. The number of allylic oxidation sites excluding steroid dienone is 2. The van der Waals surface area contributed by atoms with Crippen molar-refractivity contribution >= 4 is 17.4 Å². The number of amides is 1. The molecule has 1 aliphatic heterocycles. The van der Waals surface area contributed by atoms with Crippen LogP contribution < -0.4 is 5.32 Å². The van der Waals surface area contributed by atoms with Crippen molar-refractivity contribution in [1.82, 2.24) is 5.32 Å². The van der Waals surface area contributed by atoms with Gasteiger partial charge in [-0.15, -0.1) is 0 Å². The number of aryl methyl sites for hydroxylation is 1. The minimum absolute atomic E-state index is 0.00624. The van der Waals surface area contributed by atoms with E-state index >= 15 is 0 Å². The first-order chi connectivity index (χ1) is 10.6. The lowest BCUT2D eigenvalue weighted by Gasteiger charge is -2.21. The van der Waals surface area contributed by atoms with E-state index in [-0.39, 0.29) is 17.8 Å². The largest absolute Gasteiger partial charge is 0.466 e. The molecule has 1 N–H and O–H groups in total. The summed E-state index contributed by atoms with van der Waals surface area (Å²) in [7, 11) is 0. The quantitative estimate of drug-likeness (QED) is 0.873. The molecule has 1 unspecified atom stereocenters. The standard InChI is InChI=1S/C18H21NO3/c1-3-22-18(21)13-5-4-12(10-13)15-8-11(2)9-16-14(15)6-7-19-17(16)20/h4,8-9,13H,3,5-7,10H2,1-2H3,(H,19,20). The molecule has 0 saturated heterocycles. The molecule has 1 aromatic carbocycles. The van der Waals surface area contributed by atoms with Gasteiger partial charge in [-0.25, -0.2) is 0 Å². The number of hydrogen-bond acceptors (Lipinski definition) is 3. The van der Waals surface area contributed by atoms with Crippen molar-refractivity contribution in [3.8, 4) is 0 Å². The molecule has 4 heteroatoms. The van der Waals surface area contributed by atoms with E-state index in [0.717, 1.165) is 35.1 Å². The third kappa shape index (κ3) is 2.65. The fourth-order valence-corrected chi connectivity index (χ4v) is 3.35. The van der Waals surface area contributed by atoms with Crippen molar-refractivity contribution in [3.05, 3.63) is 40.5 Å². The van der Waals surface area contributed by atoms with Crippen LogP contribution in [0.2, 0.25) is 0 Å². The van der Waals surface area contributed by atoms with E-state index in [0.29, 0.717) is 19.6 Å². The molecule has 116 valence electrons. The Morgan fingerprint density at radius 1 is 1.36 bits per heavy atom. The Morgan fingerprint density at radius 3 is 2.91 bits per heavy atom. The van der Waals surface area contributed by atoms with Crippen LogP contribution in [0.15, 0.2) is 18.2 Å². The molecule has 1 aliphatic carbocycles. The molecule has 3 rings (SSSR count). The summed E-state index contributed by atoms with van der Waals surface area (Å²) in [4.78, 5) is 24.0. The summed E-state index contributed by atoms with van der Waals surface area (Å²) in [6.45, 7) is 4.93. The van der Waals surface area contributed by atoms with Crippen molar-refractivity contribution in [1.29, 1.82) is 0 Å². The van der Waals surface area contributed by atoms with E-state index in [2.05, 4.69) is 17.5 Å². The predicted molar refractivity (Wildman–Crippen MR) is 84.6 cm³/mol. The first-order valence-electron chi connectivity index (χ1n) is 7.88. The van der Waals surface area contributed by atoms with Gasteiger partial charge in [0.1, 0.15) is 0 Å². The second-order valence-electron chi connectivity index (χ2n) is 5.96. The average molecular weight is 299 g/mol. The van der Waals surface area contributed by atoms with Gasteiger partial charge in [-0.05, 0) is 61.4 Å². The lowest BCUT2D eigenvalue weighted by Crippen LogP contribution is -2.32. The monoisotopic (exact) mass is 299 g/mol. The SMILES string of the molecule is CCOC(=O)C1CC=C(c2cc(C)cc3c2CCNC3=O)C1. The fourth-order valence-electron chi connectivity index (χ4n) is 3.35. The van der Waals surface area contributed by atoms with E-state index in [9.17, 15) is 9.59 Å². The van der Waals surface area contributed by atoms with Gasteiger partial charge in [0, 0.05) is 12.1 Å². The number of benzene rings is 1. The second kappa shape index (κ2) is 5.95. The van der Waals surface area contributed by atoms with Gasteiger partial charge < -0.3 is 10.1 Å². The van der Waals surface area contributed by atoms with Gasteiger partial charge in [0.15, 0.2) is 0 Å². The van der Waals surface area contributed by atoms with Crippen molar-refractivity contribution < 1.29 is 14.3 Å². The smallest absolute Gasteiger partial charge is 0.309 e. The summed E-state index contributed by atoms with van der Waals surface area (Å²) >= 11 is 0. The fraction of sp³-hybridized carbons (Fsp3) is 0.444. The Balaban J connectivity index is 1.90. The van der Waals surface area contributed by atoms with Crippen LogP contribution >= 0.6 is 0 Å². The van der Waals surface area contributed by atoms with E-state index < -0.39 is 0 Å². The molecule has 1 heterocycles. The van der Waals surface area contributed by atoms with E-state index in [1.54, 1.807) is 0 Å². The zero-order chi connectivity index (χ0) is 15.7. The zero-order valence-corrected chi connectivity index (χ0v) is 13.1. The number of esters is 1. The van der Waals surface area contributed by atoms with E-state index in [1.807, 2.05) is 19.9 Å². The number of rotatable bonds is 3. The van der Waals surface area contributed by atoms with Crippen LogP contribution in [-0.4, -0.2) is 25.0 Å². The summed E-state index contributed by atoms with van der Waals surface area (Å²) in [5.41, 5.74) is 5.28. The number of ether oxygens (including phenoxy) is 1. The molecule has 1 amide bonds. The van der Waals surface area contributed by atoms with Crippen LogP contribution in [0, 0.1) is 12.8 Å². The van der Waals surface area contributed by atoms with Crippen molar-refractivity contribution in [2.24, 2.45) is 5.92 Å². The molecule has 0 spiro atoms. The molecular weight excluding hydrogens is 278 g/mol. The average Bonchev–Trinajstić information content (AvgIpc) is 2.97. The van der Waals surface area contributed by atoms with Gasteiger partial charge >= 0.3 is 5.97 Å². The van der Waals surface area contributed by atoms with Gasteiger partial charge in [0.25, 0.3) is 5.91 Å². The zero-order valence-electron chi connectivity index (χ0n) is 13.1. The lowest BCUT2D eigenvalue weighted by atomic mass is 9.88. The highest BCUT2D eigenvalue weighted by molar-refractivity contribution is 5.98. The minimum Gasteiger partial charge on any atom is -0.466 e. The Hall–Kier alpha value is -2.10. The molecular formula is C18H21NO3. The maximum absolute atomic E-state index is 12.1. The summed E-state index contributed by atoms with van der Waals surface area (Å²) in [5, 5.41) is 2.89. The predicted octanol–water partition coefficient (Wildman–Crippen LogP) is 2.64. The van der Waals surface area contributed by atoms with Crippen molar-refractivity contribution in [3.63, 3.8) is 0 Å². The highest BCUT2D eigenvalue weighted by Gasteiger charge is 2.28. The third-order valence-corrected chi connectivity index (χ3v) is 4.38. The number of carbonyl (C=O) groups is 2. The van der Waals surface area contributed by atoms with Gasteiger partial charge in [-0.1, -0.05) is 12.1 Å². The van der Waals surface area contributed by atoms with Gasteiger partial charge in [0.2, 0.25) is 0 Å². The van der Waals surface area contributed by atoms with Gasteiger partial charge in [-0.2, -0.15) is 0 Å². The van der Waals surface area contributed by atoms with Crippen molar-refractivity contribution in [2.75, 3.05) is 13.2 Å². The Kier molecular flexibility index (Phi) is 4.01. The molecule has 0 bridgehead atoms. The number of carbonyl (C=O) groups excluding carboxylic acids is 2. The van der Waals surface area contributed by atoms with Gasteiger partial charge in [-0.3, -0.25) is 9.59 Å². The maximum atomic E-state index is 12.1. The molecule has 4 nitrogen and oxygen atoms in total. The first-order valence-corrected chi connectivity index (χ1v) is 7.88. The summed E-state index contributed by atoms with van der Waals surface area (Å²) < 4.78 is 5.13. The Morgan fingerprint density at radius 2 is 2.14 bits per heavy atom. The third-order valence-electron chi connectivity index (χ3n) is 4.38. The molecule has 0 saturated carbocycles. The Labute approximate surface area is 130 Å². The van der Waals surface area contributed by atoms with Crippen LogP contribution in [0.5, 0.6) is 0 Å². The first kappa shape index (κ1) is 14.8. The topological polar surface area (TPSA) is 55.4 Å². The molecule has 0 fully saturated rings. The summed E-state index contributed by atoms with van der Waals surface area (Å²) in [6.07, 6.45) is 4.40. The normalized spacial score (nSPS) is 20.2. The molecule has 0 radical (unpaired) electrons. The highest BCUT2D eigenvalue weighted by Crippen LogP contribution is 2.36. The molecule has 22 heavy (non-hydrogen) atoms. The number of nitrogens with one attached hydrogen (secondary N) is 1. The van der Waals surface area contributed by atoms with Crippen LogP contribution in [-0.2, 0) is 16.0 Å². The highest BCUT2D eigenvalue weighted by atomic mass is 16.5. The van der Waals surface area contributed by atoms with Crippen LogP contribution in [0.3, 0.4) is 0 Å². The van der Waals surface area contributed by atoms with Crippen LogP contribution in [0.1, 0.15) is 46.8 Å². The molecule has 1 aromatic rings. The van der Waals surface area contributed by atoms with Gasteiger partial charge in [0.05, 0.1) is 12.5 Å². The molecule has 1 atom stereocenters. The van der Waals surface area contributed by atoms with Crippen LogP contribution in [0.4, 0.5) is 0 Å². The second-order valence-corrected chi connectivity index (χ2v) is 5.96. The Bertz CT molecular complexity index is 661. The van der Waals surface area contributed by atoms with Crippen LogP contribution in [0.25, 0.3) is 5.57 Å². The maximum Gasteiger partial charge on any atom is 0.309 e.